The van der Waals surface area contributed by atoms with Crippen LogP contribution in [-0.4, -0.2) is 104 Å². The molecule has 2 aromatic carbocycles. The van der Waals surface area contributed by atoms with Crippen LogP contribution in [0.4, 0.5) is 0 Å². The first kappa shape index (κ1) is 40.3. The third kappa shape index (κ3) is 11.5. The van der Waals surface area contributed by atoms with Crippen LogP contribution in [0.15, 0.2) is 46.4 Å². The number of nitrogens with one attached hydrogen (secondary N) is 4. The van der Waals surface area contributed by atoms with Crippen LogP contribution in [0.2, 0.25) is 0 Å². The third-order valence-corrected chi connectivity index (χ3v) is 8.05. The highest BCUT2D eigenvalue weighted by Gasteiger charge is 2.19. The van der Waals surface area contributed by atoms with E-state index in [0.29, 0.717) is 59.7 Å². The molecule has 1 fully saturated rings. The Morgan fingerprint density at radius 1 is 0.792 bits per heavy atom. The summed E-state index contributed by atoms with van der Waals surface area (Å²) in [5.41, 5.74) is 18.8. The van der Waals surface area contributed by atoms with Gasteiger partial charge in [-0.3, -0.25) is 35.1 Å². The van der Waals surface area contributed by atoms with E-state index < -0.39 is 0 Å². The highest BCUT2D eigenvalue weighted by Crippen LogP contribution is 2.35. The van der Waals surface area contributed by atoms with Gasteiger partial charge in [0, 0.05) is 43.5 Å². The number of rotatable bonds is 14. The molecule has 0 unspecified atom stereocenters. The smallest absolute Gasteiger partial charge is 0.274 e. The summed E-state index contributed by atoms with van der Waals surface area (Å²) in [6, 6.07) is 10.9. The summed E-state index contributed by atoms with van der Waals surface area (Å²) in [4.78, 5) is 40.7. The average Bonchev–Trinajstić information content (AvgIpc) is 3.90. The zero-order valence-electron chi connectivity index (χ0n) is 31.5. The van der Waals surface area contributed by atoms with Gasteiger partial charge >= 0.3 is 0 Å². The Kier molecular flexibility index (Phi) is 14.7. The summed E-state index contributed by atoms with van der Waals surface area (Å²) in [7, 11) is 3.01. The number of likely N-dealkylation sites (tertiary alicyclic amines) is 1. The van der Waals surface area contributed by atoms with Crippen LogP contribution >= 0.6 is 0 Å². The van der Waals surface area contributed by atoms with Gasteiger partial charge in [0.1, 0.15) is 41.0 Å². The van der Waals surface area contributed by atoms with Crippen molar-refractivity contribution in [2.24, 2.45) is 27.2 Å². The molecule has 53 heavy (non-hydrogen) atoms. The number of H-pyrrole nitrogens is 2. The maximum Gasteiger partial charge on any atom is 0.274 e. The maximum atomic E-state index is 12.3. The quantitative estimate of drug-likeness (QED) is 0.0566. The molecule has 2 amide bonds. The van der Waals surface area contributed by atoms with Gasteiger partial charge in [-0.1, -0.05) is 0 Å². The number of hydrogen-bond acceptors (Lipinski definition) is 10. The van der Waals surface area contributed by atoms with Crippen LogP contribution in [0.5, 0.6) is 23.0 Å². The number of fused-ring (bicyclic) bond motifs is 2. The second-order valence-electron chi connectivity index (χ2n) is 12.9. The molecule has 10 N–H and O–H groups in total. The van der Waals surface area contributed by atoms with E-state index in [2.05, 4.69) is 35.5 Å². The van der Waals surface area contributed by atoms with Crippen molar-refractivity contribution < 1.29 is 28.5 Å². The largest absolute Gasteiger partial charge is 0.492 e. The van der Waals surface area contributed by atoms with Crippen LogP contribution in [0.25, 0.3) is 21.8 Å². The standard InChI is InChI=1S/C20H29N5O3.C17H25N5O3/c1-13(2)28-18-11-14(27-9-8-25-6-4-5-7-25)10-16-15(18)12-17(23-16)19(26)24-20(21)22-3;1-10(2)25-13-5-6-14(24-8-4-7-18)15-11(13)9-12(21-15)16(23)22-17(19)20-3/h10-13,23H,4-9H2,1-3H3,(H3,21,22,24,26);5-6,9-10,21H,4,7-8,18H2,1-3H3,(H3,19,20,22,23). The minimum atomic E-state index is -0.386. The van der Waals surface area contributed by atoms with Crippen LogP contribution in [-0.2, 0) is 0 Å². The third-order valence-electron chi connectivity index (χ3n) is 8.05. The lowest BCUT2D eigenvalue weighted by Gasteiger charge is -2.16. The van der Waals surface area contributed by atoms with Gasteiger partial charge < -0.3 is 46.1 Å². The topological polar surface area (TPSA) is 233 Å². The molecule has 0 bridgehead atoms. The van der Waals surface area contributed by atoms with E-state index >= 15 is 0 Å². The monoisotopic (exact) mass is 734 g/mol. The summed E-state index contributed by atoms with van der Waals surface area (Å²) in [5, 5.41) is 6.60. The summed E-state index contributed by atoms with van der Waals surface area (Å²) in [6.45, 7) is 12.7. The van der Waals surface area contributed by atoms with E-state index in [9.17, 15) is 9.59 Å². The zero-order chi connectivity index (χ0) is 38.5. The summed E-state index contributed by atoms with van der Waals surface area (Å²) in [6.07, 6.45) is 3.27. The molecular weight excluding hydrogens is 680 g/mol. The van der Waals surface area contributed by atoms with Crippen molar-refractivity contribution in [2.75, 3.05) is 53.5 Å². The van der Waals surface area contributed by atoms with Gasteiger partial charge in [0.25, 0.3) is 11.8 Å². The van der Waals surface area contributed by atoms with Gasteiger partial charge in [-0.15, -0.1) is 0 Å². The number of carbonyl (C=O) groups excluding carboxylic acids is 2. The highest BCUT2D eigenvalue weighted by atomic mass is 16.5. The molecule has 5 rings (SSSR count). The second-order valence-corrected chi connectivity index (χ2v) is 12.9. The second kappa shape index (κ2) is 19.4. The molecule has 16 heteroatoms. The van der Waals surface area contributed by atoms with Crippen LogP contribution in [0.3, 0.4) is 0 Å². The number of hydrogen-bond donors (Lipinski definition) is 7. The van der Waals surface area contributed by atoms with Crippen molar-refractivity contribution >= 4 is 45.5 Å². The maximum absolute atomic E-state index is 12.3. The lowest BCUT2D eigenvalue weighted by molar-refractivity contribution is 0.0964. The molecule has 1 aliphatic heterocycles. The van der Waals surface area contributed by atoms with Crippen molar-refractivity contribution in [3.63, 3.8) is 0 Å². The normalized spacial score (nSPS) is 13.7. The molecule has 288 valence electrons. The van der Waals surface area contributed by atoms with Gasteiger partial charge in [0.2, 0.25) is 0 Å². The van der Waals surface area contributed by atoms with Gasteiger partial charge in [-0.25, -0.2) is 0 Å². The number of ether oxygens (including phenoxy) is 4. The Bertz CT molecular complexity index is 1890. The number of guanidine groups is 2. The predicted octanol–water partition coefficient (Wildman–Crippen LogP) is 3.46. The molecule has 16 nitrogen and oxygen atoms in total. The van der Waals surface area contributed by atoms with Gasteiger partial charge in [-0.2, -0.15) is 0 Å². The Hall–Kier alpha value is -5.48. The minimum absolute atomic E-state index is 0.00176. The number of aromatic amines is 2. The van der Waals surface area contributed by atoms with Crippen LogP contribution in [0.1, 0.15) is 67.9 Å². The van der Waals surface area contributed by atoms with Gasteiger partial charge in [-0.05, 0) is 90.9 Å². The van der Waals surface area contributed by atoms with Crippen molar-refractivity contribution in [1.82, 2.24) is 25.5 Å². The summed E-state index contributed by atoms with van der Waals surface area (Å²) < 4.78 is 23.5. The zero-order valence-corrected chi connectivity index (χ0v) is 31.5. The van der Waals surface area contributed by atoms with E-state index in [1.165, 1.54) is 26.9 Å². The van der Waals surface area contributed by atoms with E-state index in [1.54, 1.807) is 12.1 Å². The fourth-order valence-electron chi connectivity index (χ4n) is 5.55. The molecule has 0 spiro atoms. The lowest BCUT2D eigenvalue weighted by atomic mass is 10.2. The number of benzene rings is 2. The van der Waals surface area contributed by atoms with Crippen molar-refractivity contribution in [1.29, 1.82) is 0 Å². The van der Waals surface area contributed by atoms with Crippen LogP contribution in [0, 0.1) is 0 Å². The van der Waals surface area contributed by atoms with Crippen LogP contribution < -0.4 is 46.8 Å². The Morgan fingerprint density at radius 2 is 1.38 bits per heavy atom. The molecule has 1 aliphatic rings. The highest BCUT2D eigenvalue weighted by molar-refractivity contribution is 6.08. The van der Waals surface area contributed by atoms with E-state index in [-0.39, 0.29) is 35.9 Å². The first-order chi connectivity index (χ1) is 25.4. The average molecular weight is 735 g/mol. The Morgan fingerprint density at radius 3 is 1.98 bits per heavy atom. The summed E-state index contributed by atoms with van der Waals surface area (Å²) in [5.74, 6) is 2.06. The number of amides is 2. The fourth-order valence-corrected chi connectivity index (χ4v) is 5.55. The number of aromatic nitrogens is 2. The van der Waals surface area contributed by atoms with Crippen molar-refractivity contribution in [2.45, 2.75) is 59.2 Å². The Balaban J connectivity index is 0.000000238. The first-order valence-corrected chi connectivity index (χ1v) is 17.8. The molecule has 0 aliphatic carbocycles. The number of nitrogens with two attached hydrogens (primary N) is 3. The van der Waals surface area contributed by atoms with E-state index in [4.69, 9.17) is 36.1 Å². The molecule has 2 aromatic heterocycles. The molecule has 4 aromatic rings. The van der Waals surface area contributed by atoms with E-state index in [1.807, 2.05) is 52.0 Å². The van der Waals surface area contributed by atoms with E-state index in [0.717, 1.165) is 42.3 Å². The fraction of sp³-hybridized carbons (Fsp3) is 0.459. The number of carbonyl (C=O) groups is 2. The van der Waals surface area contributed by atoms with Gasteiger partial charge in [0.15, 0.2) is 11.9 Å². The minimum Gasteiger partial charge on any atom is -0.492 e. The molecule has 0 atom stereocenters. The van der Waals surface area contributed by atoms with Crippen molar-refractivity contribution in [3.8, 4) is 23.0 Å². The van der Waals surface area contributed by atoms with Gasteiger partial charge in [0.05, 0.1) is 29.8 Å². The number of nitrogens with zero attached hydrogens (tertiary/aromatic N) is 3. The summed E-state index contributed by atoms with van der Waals surface area (Å²) >= 11 is 0. The first-order valence-electron chi connectivity index (χ1n) is 17.8. The Labute approximate surface area is 309 Å². The molecule has 1 saturated heterocycles. The predicted molar refractivity (Wildman–Crippen MR) is 208 cm³/mol. The molecule has 3 heterocycles. The molecule has 0 saturated carbocycles. The SMILES string of the molecule is CN=C(N)NC(=O)c1cc2c(OC(C)C)cc(OCCN3CCCC3)cc2[nH]1.CN=C(N)NC(=O)c1cc2c(OC(C)C)ccc(OCCCN)c2[nH]1. The molecular formula is C37H54N10O6. The number of aliphatic imine (C=N–C) groups is 2. The van der Waals surface area contributed by atoms with Crippen molar-refractivity contribution in [3.05, 3.63) is 47.8 Å². The molecule has 0 radical (unpaired) electrons. The lowest BCUT2D eigenvalue weighted by Crippen LogP contribution is -2.36.